The highest BCUT2D eigenvalue weighted by Gasteiger charge is 2.17. The van der Waals surface area contributed by atoms with Crippen LogP contribution in [0.4, 0.5) is 0 Å². The molecule has 0 aromatic heterocycles. The Balaban J connectivity index is 1.98. The van der Waals surface area contributed by atoms with E-state index in [0.717, 1.165) is 19.1 Å². The number of nitrogens with one attached hydrogen (secondary N) is 1. The number of rotatable bonds is 7. The number of hydrogen-bond acceptors (Lipinski definition) is 3. The van der Waals surface area contributed by atoms with Gasteiger partial charge in [-0.3, -0.25) is 0 Å². The van der Waals surface area contributed by atoms with E-state index in [4.69, 9.17) is 9.47 Å². The molecule has 0 spiro atoms. The summed E-state index contributed by atoms with van der Waals surface area (Å²) in [6.07, 6.45) is 5.64. The first-order valence-electron chi connectivity index (χ1n) is 6.56. The summed E-state index contributed by atoms with van der Waals surface area (Å²) in [6.45, 7) is 6.83. The van der Waals surface area contributed by atoms with Crippen molar-refractivity contribution in [2.75, 3.05) is 26.9 Å². The molecule has 3 atom stereocenters. The molecule has 1 fully saturated rings. The van der Waals surface area contributed by atoms with Gasteiger partial charge in [-0.2, -0.15) is 0 Å². The summed E-state index contributed by atoms with van der Waals surface area (Å²) in [6, 6.07) is 0.713. The summed E-state index contributed by atoms with van der Waals surface area (Å²) < 4.78 is 10.6. The van der Waals surface area contributed by atoms with Crippen molar-refractivity contribution < 1.29 is 9.47 Å². The van der Waals surface area contributed by atoms with Crippen LogP contribution in [0.15, 0.2) is 0 Å². The van der Waals surface area contributed by atoms with Crippen molar-refractivity contribution in [3.8, 4) is 0 Å². The fourth-order valence-electron chi connectivity index (χ4n) is 2.43. The molecule has 0 aromatic rings. The van der Waals surface area contributed by atoms with Crippen LogP contribution in [0.3, 0.4) is 0 Å². The average molecular weight is 229 g/mol. The first kappa shape index (κ1) is 13.9. The van der Waals surface area contributed by atoms with E-state index in [1.54, 1.807) is 7.11 Å². The molecule has 16 heavy (non-hydrogen) atoms. The van der Waals surface area contributed by atoms with Gasteiger partial charge >= 0.3 is 0 Å². The first-order chi connectivity index (χ1) is 7.72. The van der Waals surface area contributed by atoms with Crippen molar-refractivity contribution in [2.45, 2.75) is 51.7 Å². The van der Waals surface area contributed by atoms with Gasteiger partial charge in [0.2, 0.25) is 0 Å². The van der Waals surface area contributed by atoms with E-state index in [-0.39, 0.29) is 6.10 Å². The van der Waals surface area contributed by atoms with E-state index in [9.17, 15) is 0 Å². The van der Waals surface area contributed by atoms with Crippen LogP contribution in [0.25, 0.3) is 0 Å². The fraction of sp³-hybridized carbons (Fsp3) is 1.00. The topological polar surface area (TPSA) is 30.5 Å². The summed E-state index contributed by atoms with van der Waals surface area (Å²) in [5.74, 6) is 0.889. The van der Waals surface area contributed by atoms with Gasteiger partial charge in [0.25, 0.3) is 0 Å². The van der Waals surface area contributed by atoms with Crippen LogP contribution in [0.5, 0.6) is 0 Å². The van der Waals surface area contributed by atoms with Gasteiger partial charge in [0.15, 0.2) is 0 Å². The lowest BCUT2D eigenvalue weighted by Gasteiger charge is -2.27. The van der Waals surface area contributed by atoms with Crippen LogP contribution in [0, 0.1) is 5.92 Å². The predicted molar refractivity (Wildman–Crippen MR) is 66.7 cm³/mol. The average Bonchev–Trinajstić information content (AvgIpc) is 2.25. The Morgan fingerprint density at radius 1 is 1.38 bits per heavy atom. The molecule has 1 saturated carbocycles. The van der Waals surface area contributed by atoms with E-state index in [0.29, 0.717) is 12.6 Å². The van der Waals surface area contributed by atoms with Crippen LogP contribution in [-0.4, -0.2) is 39.0 Å². The second-order valence-corrected chi connectivity index (χ2v) is 5.06. The maximum absolute atomic E-state index is 5.61. The lowest BCUT2D eigenvalue weighted by atomic mass is 9.87. The lowest BCUT2D eigenvalue weighted by Crippen LogP contribution is -2.36. The highest BCUT2D eigenvalue weighted by atomic mass is 16.5. The number of methoxy groups -OCH3 is 1. The Labute approximate surface area is 99.9 Å². The van der Waals surface area contributed by atoms with Gasteiger partial charge in [0.1, 0.15) is 0 Å². The Bertz CT molecular complexity index is 175. The Hall–Kier alpha value is -0.120. The van der Waals surface area contributed by atoms with Gasteiger partial charge in [-0.05, 0) is 25.7 Å². The minimum Gasteiger partial charge on any atom is -0.382 e. The largest absolute Gasteiger partial charge is 0.382 e. The summed E-state index contributed by atoms with van der Waals surface area (Å²) in [4.78, 5) is 0. The molecule has 1 aliphatic carbocycles. The molecule has 1 rings (SSSR count). The molecular weight excluding hydrogens is 202 g/mol. The Morgan fingerprint density at radius 3 is 2.88 bits per heavy atom. The van der Waals surface area contributed by atoms with Crippen molar-refractivity contribution in [2.24, 2.45) is 5.92 Å². The van der Waals surface area contributed by atoms with Crippen LogP contribution >= 0.6 is 0 Å². The summed E-state index contributed by atoms with van der Waals surface area (Å²) in [5, 5.41) is 3.58. The lowest BCUT2D eigenvalue weighted by molar-refractivity contribution is 0.00960. The van der Waals surface area contributed by atoms with Gasteiger partial charge in [0, 0.05) is 19.7 Å². The molecule has 0 bridgehead atoms. The molecule has 3 unspecified atom stereocenters. The molecular formula is C13H27NO2. The third kappa shape index (κ3) is 5.83. The monoisotopic (exact) mass is 229 g/mol. The normalized spacial score (nSPS) is 27.9. The standard InChI is InChI=1S/C13H27NO2/c1-11-5-4-6-13(9-11)14-7-8-16-12(2)10-15-3/h11-14H,4-10H2,1-3H3. The molecule has 1 aliphatic rings. The molecule has 3 heteroatoms. The second kappa shape index (κ2) is 8.04. The van der Waals surface area contributed by atoms with Crippen molar-refractivity contribution in [3.63, 3.8) is 0 Å². The van der Waals surface area contributed by atoms with Gasteiger partial charge < -0.3 is 14.8 Å². The van der Waals surface area contributed by atoms with E-state index in [2.05, 4.69) is 12.2 Å². The summed E-state index contributed by atoms with van der Waals surface area (Å²) >= 11 is 0. The van der Waals surface area contributed by atoms with Gasteiger partial charge in [0.05, 0.1) is 19.3 Å². The highest BCUT2D eigenvalue weighted by molar-refractivity contribution is 4.75. The Kier molecular flexibility index (Phi) is 7.01. The summed E-state index contributed by atoms with van der Waals surface area (Å²) in [5.41, 5.74) is 0. The van der Waals surface area contributed by atoms with Crippen LogP contribution in [0.2, 0.25) is 0 Å². The van der Waals surface area contributed by atoms with Crippen LogP contribution < -0.4 is 5.32 Å². The molecule has 0 aliphatic heterocycles. The minimum atomic E-state index is 0.206. The molecule has 0 saturated heterocycles. The minimum absolute atomic E-state index is 0.206. The molecule has 3 nitrogen and oxygen atoms in total. The molecule has 1 N–H and O–H groups in total. The van der Waals surface area contributed by atoms with Crippen molar-refractivity contribution in [3.05, 3.63) is 0 Å². The van der Waals surface area contributed by atoms with E-state index >= 15 is 0 Å². The molecule has 0 amide bonds. The predicted octanol–water partition coefficient (Wildman–Crippen LogP) is 2.21. The fourth-order valence-corrected chi connectivity index (χ4v) is 2.43. The number of hydrogen-bond donors (Lipinski definition) is 1. The number of ether oxygens (including phenoxy) is 2. The second-order valence-electron chi connectivity index (χ2n) is 5.06. The van der Waals surface area contributed by atoms with Gasteiger partial charge in [-0.1, -0.05) is 19.8 Å². The molecule has 0 radical (unpaired) electrons. The van der Waals surface area contributed by atoms with Crippen LogP contribution in [-0.2, 0) is 9.47 Å². The maximum Gasteiger partial charge on any atom is 0.0780 e. The Morgan fingerprint density at radius 2 is 2.19 bits per heavy atom. The molecule has 0 heterocycles. The van der Waals surface area contributed by atoms with Crippen molar-refractivity contribution >= 4 is 0 Å². The van der Waals surface area contributed by atoms with E-state index in [1.807, 2.05) is 6.92 Å². The van der Waals surface area contributed by atoms with Gasteiger partial charge in [-0.15, -0.1) is 0 Å². The zero-order valence-electron chi connectivity index (χ0n) is 11.0. The quantitative estimate of drug-likeness (QED) is 0.679. The maximum atomic E-state index is 5.61. The molecule has 96 valence electrons. The van der Waals surface area contributed by atoms with E-state index in [1.165, 1.54) is 25.7 Å². The highest BCUT2D eigenvalue weighted by Crippen LogP contribution is 2.23. The SMILES string of the molecule is COCC(C)OCCNC1CCCC(C)C1. The van der Waals surface area contributed by atoms with E-state index < -0.39 is 0 Å². The van der Waals surface area contributed by atoms with Gasteiger partial charge in [-0.25, -0.2) is 0 Å². The summed E-state index contributed by atoms with van der Waals surface area (Å²) in [7, 11) is 1.71. The third-order valence-corrected chi connectivity index (χ3v) is 3.28. The van der Waals surface area contributed by atoms with Crippen molar-refractivity contribution in [1.82, 2.24) is 5.32 Å². The smallest absolute Gasteiger partial charge is 0.0780 e. The zero-order chi connectivity index (χ0) is 11.8. The third-order valence-electron chi connectivity index (χ3n) is 3.28. The first-order valence-corrected chi connectivity index (χ1v) is 6.56. The van der Waals surface area contributed by atoms with Crippen LogP contribution in [0.1, 0.15) is 39.5 Å². The molecule has 0 aromatic carbocycles. The van der Waals surface area contributed by atoms with Crippen molar-refractivity contribution in [1.29, 1.82) is 0 Å². The zero-order valence-corrected chi connectivity index (χ0v) is 11.0.